The zero-order valence-electron chi connectivity index (χ0n) is 12.0. The highest BCUT2D eigenvalue weighted by Gasteiger charge is 2.26. The molecule has 0 bridgehead atoms. The van der Waals surface area contributed by atoms with E-state index in [1.165, 1.54) is 24.2 Å². The van der Waals surface area contributed by atoms with Crippen LogP contribution in [-0.4, -0.2) is 41.1 Å². The minimum Gasteiger partial charge on any atom is -0.367 e. The van der Waals surface area contributed by atoms with Crippen molar-refractivity contribution in [2.45, 2.75) is 18.8 Å². The molecule has 0 N–H and O–H groups in total. The average Bonchev–Trinajstić information content (AvgIpc) is 3.41. The van der Waals surface area contributed by atoms with Crippen molar-refractivity contribution in [2.24, 2.45) is 0 Å². The van der Waals surface area contributed by atoms with E-state index in [-0.39, 0.29) is 0 Å². The Morgan fingerprint density at radius 2 is 1.81 bits per heavy atom. The lowest BCUT2D eigenvalue weighted by Gasteiger charge is -2.36. The van der Waals surface area contributed by atoms with Crippen LogP contribution in [0.15, 0.2) is 36.9 Å². The standard InChI is InChI=1S/C16H19N5/c1-2-14(11-17-5-1)20-6-8-21(9-7-20)16-10-15(13-3-4-13)18-12-19-16/h1-2,5,10-13H,3-4,6-9H2. The molecular weight excluding hydrogens is 262 g/mol. The first-order chi connectivity index (χ1) is 10.4. The molecule has 108 valence electrons. The molecule has 2 aromatic heterocycles. The normalized spacial score (nSPS) is 18.9. The maximum Gasteiger partial charge on any atom is 0.132 e. The molecule has 2 aliphatic rings. The van der Waals surface area contributed by atoms with Gasteiger partial charge in [0.15, 0.2) is 0 Å². The van der Waals surface area contributed by atoms with Crippen LogP contribution in [0, 0.1) is 0 Å². The molecule has 2 fully saturated rings. The molecule has 0 radical (unpaired) electrons. The largest absolute Gasteiger partial charge is 0.367 e. The molecular formula is C16H19N5. The Hall–Kier alpha value is -2.17. The maximum absolute atomic E-state index is 4.45. The predicted octanol–water partition coefficient (Wildman–Crippen LogP) is 2.08. The summed E-state index contributed by atoms with van der Waals surface area (Å²) >= 11 is 0. The first-order valence-electron chi connectivity index (χ1n) is 7.62. The second kappa shape index (κ2) is 5.31. The van der Waals surface area contributed by atoms with Crippen molar-refractivity contribution < 1.29 is 0 Å². The molecule has 1 saturated carbocycles. The van der Waals surface area contributed by atoms with Crippen LogP contribution in [0.2, 0.25) is 0 Å². The van der Waals surface area contributed by atoms with Gasteiger partial charge >= 0.3 is 0 Å². The molecule has 1 aliphatic heterocycles. The maximum atomic E-state index is 4.45. The summed E-state index contributed by atoms with van der Waals surface area (Å²) in [5.74, 6) is 1.76. The predicted molar refractivity (Wildman–Crippen MR) is 82.7 cm³/mol. The summed E-state index contributed by atoms with van der Waals surface area (Å²) in [7, 11) is 0. The molecule has 1 saturated heterocycles. The van der Waals surface area contributed by atoms with Crippen molar-refractivity contribution in [1.82, 2.24) is 15.0 Å². The highest BCUT2D eigenvalue weighted by atomic mass is 15.3. The lowest BCUT2D eigenvalue weighted by molar-refractivity contribution is 0.645. The van der Waals surface area contributed by atoms with Crippen molar-refractivity contribution in [1.29, 1.82) is 0 Å². The first kappa shape index (κ1) is 12.6. The molecule has 5 heteroatoms. The molecule has 3 heterocycles. The number of rotatable bonds is 3. The molecule has 4 rings (SSSR count). The van der Waals surface area contributed by atoms with Gasteiger partial charge in [0, 0.05) is 50.1 Å². The van der Waals surface area contributed by atoms with E-state index in [9.17, 15) is 0 Å². The van der Waals surface area contributed by atoms with Gasteiger partial charge in [-0.3, -0.25) is 4.98 Å². The molecule has 5 nitrogen and oxygen atoms in total. The van der Waals surface area contributed by atoms with E-state index in [4.69, 9.17) is 0 Å². The monoisotopic (exact) mass is 281 g/mol. The van der Waals surface area contributed by atoms with E-state index in [0.29, 0.717) is 5.92 Å². The third-order valence-electron chi connectivity index (χ3n) is 4.28. The van der Waals surface area contributed by atoms with Gasteiger partial charge in [-0.2, -0.15) is 0 Å². The molecule has 0 amide bonds. The lowest BCUT2D eigenvalue weighted by Crippen LogP contribution is -2.46. The van der Waals surface area contributed by atoms with Crippen molar-refractivity contribution in [2.75, 3.05) is 36.0 Å². The molecule has 0 aromatic carbocycles. The molecule has 1 aliphatic carbocycles. The highest BCUT2D eigenvalue weighted by Crippen LogP contribution is 2.39. The van der Waals surface area contributed by atoms with Gasteiger partial charge in [-0.05, 0) is 25.0 Å². The zero-order valence-corrected chi connectivity index (χ0v) is 12.0. The van der Waals surface area contributed by atoms with Crippen LogP contribution in [0.3, 0.4) is 0 Å². The molecule has 21 heavy (non-hydrogen) atoms. The van der Waals surface area contributed by atoms with E-state index in [1.807, 2.05) is 18.5 Å². The number of nitrogens with zero attached hydrogens (tertiary/aromatic N) is 5. The third-order valence-corrected chi connectivity index (χ3v) is 4.28. The Morgan fingerprint density at radius 1 is 1.00 bits per heavy atom. The zero-order chi connectivity index (χ0) is 14.1. The van der Waals surface area contributed by atoms with Crippen molar-refractivity contribution in [3.8, 4) is 0 Å². The second-order valence-electron chi connectivity index (χ2n) is 5.76. The number of pyridine rings is 1. The van der Waals surface area contributed by atoms with Crippen LogP contribution in [0.1, 0.15) is 24.5 Å². The number of aromatic nitrogens is 3. The summed E-state index contributed by atoms with van der Waals surface area (Å²) in [6, 6.07) is 6.30. The topological polar surface area (TPSA) is 45.2 Å². The average molecular weight is 281 g/mol. The van der Waals surface area contributed by atoms with Gasteiger partial charge in [0.05, 0.1) is 11.9 Å². The molecule has 0 spiro atoms. The van der Waals surface area contributed by atoms with Gasteiger partial charge < -0.3 is 9.80 Å². The Bertz CT molecular complexity index is 603. The van der Waals surface area contributed by atoms with E-state index >= 15 is 0 Å². The van der Waals surface area contributed by atoms with Crippen LogP contribution in [-0.2, 0) is 0 Å². The van der Waals surface area contributed by atoms with Gasteiger partial charge in [0.25, 0.3) is 0 Å². The summed E-state index contributed by atoms with van der Waals surface area (Å²) in [6.07, 6.45) is 8.04. The first-order valence-corrected chi connectivity index (χ1v) is 7.62. The van der Waals surface area contributed by atoms with Crippen LogP contribution >= 0.6 is 0 Å². The summed E-state index contributed by atoms with van der Waals surface area (Å²) in [5.41, 5.74) is 2.42. The number of anilines is 2. The molecule has 0 unspecified atom stereocenters. The van der Waals surface area contributed by atoms with Gasteiger partial charge in [-0.25, -0.2) is 9.97 Å². The van der Waals surface area contributed by atoms with E-state index < -0.39 is 0 Å². The fourth-order valence-corrected chi connectivity index (χ4v) is 2.87. The van der Waals surface area contributed by atoms with Gasteiger partial charge in [-0.1, -0.05) is 0 Å². The Morgan fingerprint density at radius 3 is 2.52 bits per heavy atom. The Labute approximate surface area is 124 Å². The van der Waals surface area contributed by atoms with Crippen molar-refractivity contribution in [3.05, 3.63) is 42.6 Å². The molecule has 2 aromatic rings. The highest BCUT2D eigenvalue weighted by molar-refractivity contribution is 5.48. The van der Waals surface area contributed by atoms with Gasteiger partial charge in [0.1, 0.15) is 12.1 Å². The third kappa shape index (κ3) is 2.68. The smallest absolute Gasteiger partial charge is 0.132 e. The summed E-state index contributed by atoms with van der Waals surface area (Å²) < 4.78 is 0. The number of hydrogen-bond donors (Lipinski definition) is 0. The van der Waals surface area contributed by atoms with Crippen LogP contribution in [0.25, 0.3) is 0 Å². The quantitative estimate of drug-likeness (QED) is 0.862. The fourth-order valence-electron chi connectivity index (χ4n) is 2.87. The summed E-state index contributed by atoms with van der Waals surface area (Å²) in [6.45, 7) is 4.01. The Kier molecular flexibility index (Phi) is 3.18. The van der Waals surface area contributed by atoms with Crippen molar-refractivity contribution in [3.63, 3.8) is 0 Å². The number of piperazine rings is 1. The SMILES string of the molecule is c1cncc(N2CCN(c3cc(C4CC4)ncn3)CC2)c1. The minimum absolute atomic E-state index is 0.684. The Balaban J connectivity index is 1.44. The van der Waals surface area contributed by atoms with Crippen LogP contribution < -0.4 is 9.80 Å². The minimum atomic E-state index is 0.684. The lowest BCUT2D eigenvalue weighted by atomic mass is 10.2. The van der Waals surface area contributed by atoms with Gasteiger partial charge in [-0.15, -0.1) is 0 Å². The second-order valence-corrected chi connectivity index (χ2v) is 5.76. The van der Waals surface area contributed by atoms with Crippen molar-refractivity contribution >= 4 is 11.5 Å². The van der Waals surface area contributed by atoms with E-state index in [0.717, 1.165) is 32.0 Å². The molecule has 0 atom stereocenters. The van der Waals surface area contributed by atoms with Crippen LogP contribution in [0.5, 0.6) is 0 Å². The number of hydrogen-bond acceptors (Lipinski definition) is 5. The summed E-state index contributed by atoms with van der Waals surface area (Å²) in [5, 5.41) is 0. The van der Waals surface area contributed by atoms with Gasteiger partial charge in [0.2, 0.25) is 0 Å². The van der Waals surface area contributed by atoms with E-state index in [1.54, 1.807) is 6.33 Å². The summed E-state index contributed by atoms with van der Waals surface area (Å²) in [4.78, 5) is 17.8. The van der Waals surface area contributed by atoms with Crippen LogP contribution in [0.4, 0.5) is 11.5 Å². The van der Waals surface area contributed by atoms with E-state index in [2.05, 4.69) is 36.9 Å². The fraction of sp³-hybridized carbons (Fsp3) is 0.438.